The van der Waals surface area contributed by atoms with E-state index in [9.17, 15) is 4.79 Å². The van der Waals surface area contributed by atoms with Crippen LogP contribution in [0.2, 0.25) is 0 Å². The van der Waals surface area contributed by atoms with Gasteiger partial charge in [-0.3, -0.25) is 4.79 Å². The average Bonchev–Trinajstić information content (AvgIpc) is 2.56. The highest BCUT2D eigenvalue weighted by Gasteiger charge is 2.15. The molecule has 2 rings (SSSR count). The summed E-state index contributed by atoms with van der Waals surface area (Å²) in [6.45, 7) is 0.585. The van der Waals surface area contributed by atoms with E-state index in [1.807, 2.05) is 18.2 Å². The highest BCUT2D eigenvalue weighted by atomic mass is 16.5. The Balaban J connectivity index is 1.76. The van der Waals surface area contributed by atoms with Crippen LogP contribution in [-0.4, -0.2) is 32.7 Å². The third-order valence-electron chi connectivity index (χ3n) is 4.05. The van der Waals surface area contributed by atoms with E-state index in [-0.39, 0.29) is 5.91 Å². The molecule has 0 radical (unpaired) electrons. The van der Waals surface area contributed by atoms with Crippen molar-refractivity contribution in [2.45, 2.75) is 44.6 Å². The summed E-state index contributed by atoms with van der Waals surface area (Å²) in [5.41, 5.74) is 0.869. The Hall–Kier alpha value is -1.91. The van der Waals surface area contributed by atoms with E-state index in [2.05, 4.69) is 10.6 Å². The highest BCUT2D eigenvalue weighted by molar-refractivity contribution is 5.77. The highest BCUT2D eigenvalue weighted by Crippen LogP contribution is 2.28. The molecular weight excluding hydrogens is 280 g/mol. The Morgan fingerprint density at radius 2 is 1.95 bits per heavy atom. The molecule has 0 atom stereocenters. The number of hydrogen-bond donors (Lipinski definition) is 2. The first-order valence-corrected chi connectivity index (χ1v) is 7.98. The number of rotatable bonds is 7. The summed E-state index contributed by atoms with van der Waals surface area (Å²) in [5, 5.41) is 6.36. The van der Waals surface area contributed by atoms with Gasteiger partial charge in [0, 0.05) is 25.1 Å². The normalized spacial score (nSPS) is 15.2. The van der Waals surface area contributed by atoms with Gasteiger partial charge in [-0.25, -0.2) is 0 Å². The standard InChI is InChI=1S/C17H26N2O3/c1-21-14-8-9-15(16(12-14)22-2)18-11-10-17(20)19-13-6-4-3-5-7-13/h8-9,12-13,18H,3-7,10-11H2,1-2H3,(H,19,20). The minimum Gasteiger partial charge on any atom is -0.497 e. The number of benzene rings is 1. The lowest BCUT2D eigenvalue weighted by Crippen LogP contribution is -2.36. The molecule has 0 bridgehead atoms. The molecule has 2 N–H and O–H groups in total. The van der Waals surface area contributed by atoms with Crippen LogP contribution in [0.15, 0.2) is 18.2 Å². The summed E-state index contributed by atoms with van der Waals surface area (Å²) >= 11 is 0. The molecule has 5 heteroatoms. The third kappa shape index (κ3) is 4.83. The minimum absolute atomic E-state index is 0.117. The van der Waals surface area contributed by atoms with Crippen LogP contribution in [0, 0.1) is 0 Å². The Kier molecular flexibility index (Phi) is 6.37. The smallest absolute Gasteiger partial charge is 0.221 e. The van der Waals surface area contributed by atoms with Gasteiger partial charge in [-0.15, -0.1) is 0 Å². The first-order chi connectivity index (χ1) is 10.7. The van der Waals surface area contributed by atoms with Gasteiger partial charge >= 0.3 is 0 Å². The molecule has 0 saturated heterocycles. The van der Waals surface area contributed by atoms with Crippen molar-refractivity contribution in [3.63, 3.8) is 0 Å². The molecule has 22 heavy (non-hydrogen) atoms. The fraction of sp³-hybridized carbons (Fsp3) is 0.588. The number of nitrogens with one attached hydrogen (secondary N) is 2. The molecule has 0 unspecified atom stereocenters. The zero-order valence-electron chi connectivity index (χ0n) is 13.5. The maximum Gasteiger partial charge on any atom is 0.221 e. The Labute approximate surface area is 132 Å². The van der Waals surface area contributed by atoms with E-state index in [0.717, 1.165) is 24.3 Å². The third-order valence-corrected chi connectivity index (χ3v) is 4.05. The number of methoxy groups -OCH3 is 2. The van der Waals surface area contributed by atoms with Gasteiger partial charge in [0.05, 0.1) is 19.9 Å². The number of anilines is 1. The van der Waals surface area contributed by atoms with Gasteiger partial charge in [0.25, 0.3) is 0 Å². The molecule has 1 aromatic carbocycles. The Morgan fingerprint density at radius 1 is 1.18 bits per heavy atom. The summed E-state index contributed by atoms with van der Waals surface area (Å²) in [7, 11) is 3.24. The van der Waals surface area contributed by atoms with Crippen molar-refractivity contribution in [2.24, 2.45) is 0 Å². The second-order valence-electron chi connectivity index (χ2n) is 5.65. The van der Waals surface area contributed by atoms with Crippen LogP contribution in [0.4, 0.5) is 5.69 Å². The van der Waals surface area contributed by atoms with E-state index < -0.39 is 0 Å². The lowest BCUT2D eigenvalue weighted by atomic mass is 9.95. The summed E-state index contributed by atoms with van der Waals surface area (Å²) < 4.78 is 10.5. The predicted molar refractivity (Wildman–Crippen MR) is 87.7 cm³/mol. The van der Waals surface area contributed by atoms with Crippen molar-refractivity contribution < 1.29 is 14.3 Å². The van der Waals surface area contributed by atoms with Gasteiger partial charge in [0.2, 0.25) is 5.91 Å². The molecule has 0 aromatic heterocycles. The van der Waals surface area contributed by atoms with Crippen molar-refractivity contribution in [1.82, 2.24) is 5.32 Å². The monoisotopic (exact) mass is 306 g/mol. The van der Waals surface area contributed by atoms with E-state index in [1.54, 1.807) is 14.2 Å². The Morgan fingerprint density at radius 3 is 2.64 bits per heavy atom. The van der Waals surface area contributed by atoms with Crippen LogP contribution >= 0.6 is 0 Å². The lowest BCUT2D eigenvalue weighted by Gasteiger charge is -2.22. The van der Waals surface area contributed by atoms with Crippen molar-refractivity contribution in [1.29, 1.82) is 0 Å². The van der Waals surface area contributed by atoms with Crippen LogP contribution < -0.4 is 20.1 Å². The summed E-state index contributed by atoms with van der Waals surface area (Å²) in [6, 6.07) is 5.96. The van der Waals surface area contributed by atoms with Crippen molar-refractivity contribution in [2.75, 3.05) is 26.1 Å². The first-order valence-electron chi connectivity index (χ1n) is 7.98. The lowest BCUT2D eigenvalue weighted by molar-refractivity contribution is -0.121. The molecule has 1 amide bonds. The SMILES string of the molecule is COc1ccc(NCCC(=O)NC2CCCCC2)c(OC)c1. The minimum atomic E-state index is 0.117. The van der Waals surface area contributed by atoms with Gasteiger partial charge in [-0.2, -0.15) is 0 Å². The first kappa shape index (κ1) is 16.5. The fourth-order valence-electron chi connectivity index (χ4n) is 2.80. The summed E-state index contributed by atoms with van der Waals surface area (Å²) in [5.74, 6) is 1.58. The number of ether oxygens (including phenoxy) is 2. The van der Waals surface area contributed by atoms with Crippen molar-refractivity contribution in [3.8, 4) is 11.5 Å². The van der Waals surface area contributed by atoms with Gasteiger partial charge in [0.1, 0.15) is 11.5 Å². The van der Waals surface area contributed by atoms with Crippen molar-refractivity contribution in [3.05, 3.63) is 18.2 Å². The number of amides is 1. The number of hydrogen-bond acceptors (Lipinski definition) is 4. The van der Waals surface area contributed by atoms with Gasteiger partial charge in [-0.1, -0.05) is 19.3 Å². The summed E-state index contributed by atoms with van der Waals surface area (Å²) in [6.07, 6.45) is 6.45. The molecule has 0 heterocycles. The molecule has 5 nitrogen and oxygen atoms in total. The van der Waals surface area contributed by atoms with E-state index in [4.69, 9.17) is 9.47 Å². The molecule has 1 aliphatic rings. The van der Waals surface area contributed by atoms with Crippen LogP contribution in [-0.2, 0) is 4.79 Å². The molecule has 1 aromatic rings. The maximum atomic E-state index is 12.0. The van der Waals surface area contributed by atoms with E-state index >= 15 is 0 Å². The van der Waals surface area contributed by atoms with Crippen LogP contribution in [0.25, 0.3) is 0 Å². The Bertz CT molecular complexity index is 485. The predicted octanol–water partition coefficient (Wildman–Crippen LogP) is 2.95. The van der Waals surface area contributed by atoms with Gasteiger partial charge < -0.3 is 20.1 Å². The zero-order chi connectivity index (χ0) is 15.8. The van der Waals surface area contributed by atoms with E-state index in [0.29, 0.717) is 24.8 Å². The molecule has 1 aliphatic carbocycles. The zero-order valence-corrected chi connectivity index (χ0v) is 13.5. The molecule has 0 spiro atoms. The number of carbonyl (C=O) groups is 1. The average molecular weight is 306 g/mol. The van der Waals surface area contributed by atoms with E-state index in [1.165, 1.54) is 19.3 Å². The molecular formula is C17H26N2O3. The molecule has 1 saturated carbocycles. The molecule has 122 valence electrons. The fourth-order valence-corrected chi connectivity index (χ4v) is 2.80. The van der Waals surface area contributed by atoms with Crippen molar-refractivity contribution >= 4 is 11.6 Å². The van der Waals surface area contributed by atoms with Crippen LogP contribution in [0.3, 0.4) is 0 Å². The summed E-state index contributed by atoms with van der Waals surface area (Å²) in [4.78, 5) is 12.0. The second-order valence-corrected chi connectivity index (χ2v) is 5.65. The largest absolute Gasteiger partial charge is 0.497 e. The number of carbonyl (C=O) groups excluding carboxylic acids is 1. The van der Waals surface area contributed by atoms with Gasteiger partial charge in [-0.05, 0) is 25.0 Å². The molecule has 1 fully saturated rings. The molecule has 0 aliphatic heterocycles. The topological polar surface area (TPSA) is 59.6 Å². The van der Waals surface area contributed by atoms with Crippen LogP contribution in [0.1, 0.15) is 38.5 Å². The maximum absolute atomic E-state index is 12.0. The van der Waals surface area contributed by atoms with Crippen LogP contribution in [0.5, 0.6) is 11.5 Å². The van der Waals surface area contributed by atoms with Gasteiger partial charge in [0.15, 0.2) is 0 Å². The second kappa shape index (κ2) is 8.51. The quantitative estimate of drug-likeness (QED) is 0.813.